The highest BCUT2D eigenvalue weighted by Gasteiger charge is 2.07. The van der Waals surface area contributed by atoms with E-state index in [0.717, 1.165) is 15.5 Å². The summed E-state index contributed by atoms with van der Waals surface area (Å²) < 4.78 is 6.64. The third kappa shape index (κ3) is 5.13. The number of nitrogens with one attached hydrogen (secondary N) is 1. The second-order valence-corrected chi connectivity index (χ2v) is 8.01. The SMILES string of the molecule is COc1ccc(Sc2ccc(NC(=O)CCn3cnc4ccccc4c3=O)cc2)cc1. The van der Waals surface area contributed by atoms with Crippen LogP contribution in [0.2, 0.25) is 0 Å². The maximum absolute atomic E-state index is 12.5. The zero-order chi connectivity index (χ0) is 21.6. The number of hydrogen-bond acceptors (Lipinski definition) is 5. The van der Waals surface area contributed by atoms with Gasteiger partial charge in [-0.2, -0.15) is 0 Å². The lowest BCUT2D eigenvalue weighted by atomic mass is 10.2. The Morgan fingerprint density at radius 3 is 2.39 bits per heavy atom. The molecule has 1 heterocycles. The molecule has 1 aromatic heterocycles. The molecule has 0 aliphatic carbocycles. The number of ether oxygens (including phenoxy) is 1. The van der Waals surface area contributed by atoms with Crippen LogP contribution >= 0.6 is 11.8 Å². The van der Waals surface area contributed by atoms with E-state index in [-0.39, 0.29) is 24.4 Å². The third-order valence-corrected chi connectivity index (χ3v) is 5.76. The molecule has 3 aromatic carbocycles. The second kappa shape index (κ2) is 9.49. The van der Waals surface area contributed by atoms with Gasteiger partial charge in [-0.3, -0.25) is 14.2 Å². The molecule has 1 amide bonds. The summed E-state index contributed by atoms with van der Waals surface area (Å²) in [7, 11) is 1.65. The summed E-state index contributed by atoms with van der Waals surface area (Å²) in [6.07, 6.45) is 1.67. The molecule has 4 aromatic rings. The first kappa shape index (κ1) is 20.7. The minimum Gasteiger partial charge on any atom is -0.497 e. The zero-order valence-electron chi connectivity index (χ0n) is 16.9. The van der Waals surface area contributed by atoms with Gasteiger partial charge in [-0.25, -0.2) is 4.98 Å². The Hall–Kier alpha value is -3.58. The standard InChI is InChI=1S/C24H21N3O3S/c1-30-18-8-12-20(13-9-18)31-19-10-6-17(7-11-19)26-23(28)14-15-27-16-25-22-5-3-2-4-21(22)24(27)29/h2-13,16H,14-15H2,1H3,(H,26,28). The van der Waals surface area contributed by atoms with Crippen LogP contribution in [0.25, 0.3) is 10.9 Å². The van der Waals surface area contributed by atoms with Crippen molar-refractivity contribution < 1.29 is 9.53 Å². The molecular weight excluding hydrogens is 410 g/mol. The van der Waals surface area contributed by atoms with E-state index in [2.05, 4.69) is 10.3 Å². The molecule has 0 aliphatic rings. The van der Waals surface area contributed by atoms with E-state index in [0.29, 0.717) is 16.6 Å². The van der Waals surface area contributed by atoms with Crippen LogP contribution in [0, 0.1) is 0 Å². The Kier molecular flexibility index (Phi) is 6.33. The smallest absolute Gasteiger partial charge is 0.261 e. The van der Waals surface area contributed by atoms with Crippen LogP contribution in [0.15, 0.2) is 93.7 Å². The van der Waals surface area contributed by atoms with Crippen molar-refractivity contribution in [1.82, 2.24) is 9.55 Å². The van der Waals surface area contributed by atoms with Crippen molar-refractivity contribution in [2.45, 2.75) is 22.8 Å². The lowest BCUT2D eigenvalue weighted by molar-refractivity contribution is -0.116. The van der Waals surface area contributed by atoms with Gasteiger partial charge in [0.05, 0.1) is 24.3 Å². The summed E-state index contributed by atoms with van der Waals surface area (Å²) >= 11 is 1.63. The highest BCUT2D eigenvalue weighted by Crippen LogP contribution is 2.29. The zero-order valence-corrected chi connectivity index (χ0v) is 17.8. The molecule has 0 saturated heterocycles. The van der Waals surface area contributed by atoms with Gasteiger partial charge in [-0.1, -0.05) is 23.9 Å². The average molecular weight is 432 g/mol. The van der Waals surface area contributed by atoms with Crippen molar-refractivity contribution in [2.75, 3.05) is 12.4 Å². The first-order valence-corrected chi connectivity index (χ1v) is 10.6. The minimum absolute atomic E-state index is 0.140. The fraction of sp³-hybridized carbons (Fsp3) is 0.125. The van der Waals surface area contributed by atoms with Crippen LogP contribution < -0.4 is 15.6 Å². The number of benzene rings is 3. The summed E-state index contributed by atoms with van der Waals surface area (Å²) in [6.45, 7) is 0.272. The first-order chi connectivity index (χ1) is 15.1. The summed E-state index contributed by atoms with van der Waals surface area (Å²) in [4.78, 5) is 31.3. The fourth-order valence-electron chi connectivity index (χ4n) is 3.10. The van der Waals surface area contributed by atoms with Crippen LogP contribution in [0.1, 0.15) is 6.42 Å². The van der Waals surface area contributed by atoms with Gasteiger partial charge >= 0.3 is 0 Å². The van der Waals surface area contributed by atoms with E-state index in [1.165, 1.54) is 10.9 Å². The molecule has 1 N–H and O–H groups in total. The van der Waals surface area contributed by atoms with E-state index in [1.54, 1.807) is 37.1 Å². The van der Waals surface area contributed by atoms with Crippen molar-refractivity contribution in [3.8, 4) is 5.75 Å². The molecule has 0 bridgehead atoms. The largest absolute Gasteiger partial charge is 0.497 e. The molecule has 7 heteroatoms. The Labute approximate surface area is 183 Å². The van der Waals surface area contributed by atoms with Gasteiger partial charge in [0, 0.05) is 28.4 Å². The number of carbonyl (C=O) groups excluding carboxylic acids is 1. The highest BCUT2D eigenvalue weighted by atomic mass is 32.2. The van der Waals surface area contributed by atoms with Gasteiger partial charge in [0.1, 0.15) is 5.75 Å². The molecule has 6 nitrogen and oxygen atoms in total. The van der Waals surface area contributed by atoms with Gasteiger partial charge in [0.2, 0.25) is 5.91 Å². The van der Waals surface area contributed by atoms with E-state index >= 15 is 0 Å². The fourth-order valence-corrected chi connectivity index (χ4v) is 3.91. The predicted octanol–water partition coefficient (Wildman–Crippen LogP) is 4.59. The number of fused-ring (bicyclic) bond motifs is 1. The topological polar surface area (TPSA) is 73.2 Å². The van der Waals surface area contributed by atoms with Crippen molar-refractivity contribution in [2.24, 2.45) is 0 Å². The number of methoxy groups -OCH3 is 1. The van der Waals surface area contributed by atoms with Gasteiger partial charge in [-0.05, 0) is 60.7 Å². The Bertz CT molecular complexity index is 1250. The molecular formula is C24H21N3O3S. The minimum atomic E-state index is -0.157. The molecule has 0 aliphatic heterocycles. The molecule has 31 heavy (non-hydrogen) atoms. The number of hydrogen-bond donors (Lipinski definition) is 1. The van der Waals surface area contributed by atoms with Gasteiger partial charge < -0.3 is 10.1 Å². The van der Waals surface area contributed by atoms with Crippen molar-refractivity contribution >= 4 is 34.3 Å². The van der Waals surface area contributed by atoms with Gasteiger partial charge in [-0.15, -0.1) is 0 Å². The Morgan fingerprint density at radius 2 is 1.68 bits per heavy atom. The third-order valence-electron chi connectivity index (χ3n) is 4.74. The first-order valence-electron chi connectivity index (χ1n) is 9.78. The number of aryl methyl sites for hydroxylation is 1. The number of nitrogens with zero attached hydrogens (tertiary/aromatic N) is 2. The van der Waals surface area contributed by atoms with Crippen molar-refractivity contribution in [1.29, 1.82) is 0 Å². The Balaban J connectivity index is 1.33. The molecule has 0 fully saturated rings. The number of anilines is 1. The number of rotatable bonds is 7. The quantitative estimate of drug-likeness (QED) is 0.464. The van der Waals surface area contributed by atoms with Crippen molar-refractivity contribution in [3.05, 3.63) is 89.5 Å². The number of carbonyl (C=O) groups is 1. The normalized spacial score (nSPS) is 10.7. The maximum Gasteiger partial charge on any atom is 0.261 e. The van der Waals surface area contributed by atoms with Crippen LogP contribution in [-0.2, 0) is 11.3 Å². The van der Waals surface area contributed by atoms with Gasteiger partial charge in [0.15, 0.2) is 0 Å². The molecule has 0 radical (unpaired) electrons. The average Bonchev–Trinajstić information content (AvgIpc) is 2.80. The van der Waals surface area contributed by atoms with E-state index < -0.39 is 0 Å². The number of para-hydroxylation sites is 1. The lowest BCUT2D eigenvalue weighted by Crippen LogP contribution is -2.23. The van der Waals surface area contributed by atoms with E-state index in [4.69, 9.17) is 4.74 Å². The van der Waals surface area contributed by atoms with E-state index in [9.17, 15) is 9.59 Å². The molecule has 0 atom stereocenters. The number of aromatic nitrogens is 2. The van der Waals surface area contributed by atoms with Crippen LogP contribution in [0.4, 0.5) is 5.69 Å². The lowest BCUT2D eigenvalue weighted by Gasteiger charge is -2.09. The summed E-state index contributed by atoms with van der Waals surface area (Å²) in [5.74, 6) is 0.666. The molecule has 4 rings (SSSR count). The summed E-state index contributed by atoms with van der Waals surface area (Å²) in [6, 6.07) is 22.7. The highest BCUT2D eigenvalue weighted by molar-refractivity contribution is 7.99. The van der Waals surface area contributed by atoms with Gasteiger partial charge in [0.25, 0.3) is 5.56 Å². The van der Waals surface area contributed by atoms with Crippen LogP contribution in [0.5, 0.6) is 5.75 Å². The number of amides is 1. The molecule has 0 saturated carbocycles. The molecule has 156 valence electrons. The monoisotopic (exact) mass is 431 g/mol. The second-order valence-electron chi connectivity index (χ2n) is 6.86. The maximum atomic E-state index is 12.5. The van der Waals surface area contributed by atoms with Crippen LogP contribution in [0.3, 0.4) is 0 Å². The predicted molar refractivity (Wildman–Crippen MR) is 123 cm³/mol. The Morgan fingerprint density at radius 1 is 1.00 bits per heavy atom. The van der Waals surface area contributed by atoms with E-state index in [1.807, 2.05) is 54.6 Å². The summed E-state index contributed by atoms with van der Waals surface area (Å²) in [5, 5.41) is 3.43. The van der Waals surface area contributed by atoms with Crippen molar-refractivity contribution in [3.63, 3.8) is 0 Å². The molecule has 0 spiro atoms. The van der Waals surface area contributed by atoms with Crippen LogP contribution in [-0.4, -0.2) is 22.6 Å². The molecule has 0 unspecified atom stereocenters. The summed E-state index contributed by atoms with van der Waals surface area (Å²) in [5.41, 5.74) is 1.23.